The Morgan fingerprint density at radius 3 is 1.47 bits per heavy atom. The lowest BCUT2D eigenvalue weighted by atomic mass is 9.79. The van der Waals surface area contributed by atoms with E-state index in [9.17, 15) is 0 Å². The Labute approximate surface area is 236 Å². The van der Waals surface area contributed by atoms with Crippen molar-refractivity contribution in [1.82, 2.24) is 0 Å². The molecule has 1 saturated heterocycles. The van der Waals surface area contributed by atoms with E-state index in [2.05, 4.69) is 112 Å². The van der Waals surface area contributed by atoms with Gasteiger partial charge in [0.2, 0.25) is 0 Å². The van der Waals surface area contributed by atoms with E-state index in [1.807, 2.05) is 24.3 Å². The molecular formula is C32H46BIO2. The molecule has 4 heteroatoms. The number of benzene rings is 2. The monoisotopic (exact) mass is 600 g/mol. The summed E-state index contributed by atoms with van der Waals surface area (Å²) in [6.07, 6.45) is 6.77. The standard InChI is InChI=1S/C18H25BO2.C12H13I.2CH4/c1-6-7-8-9-10-15-11-13-16(14-12-15)19-20-17(2,3)18(4,5)21-19;1-2-3-4-5-6-11-7-9-12(13)10-8-11;;/h11-14H,6-8H2,1-5H3;7-10H,2-4H2,1H3;2*1H4. The molecular weight excluding hydrogens is 554 g/mol. The quantitative estimate of drug-likeness (QED) is 0.148. The van der Waals surface area contributed by atoms with Crippen LogP contribution in [0.15, 0.2) is 48.5 Å². The van der Waals surface area contributed by atoms with Gasteiger partial charge in [-0.25, -0.2) is 0 Å². The van der Waals surface area contributed by atoms with E-state index in [1.165, 1.54) is 29.3 Å². The van der Waals surface area contributed by atoms with Crippen molar-refractivity contribution in [3.63, 3.8) is 0 Å². The third kappa shape index (κ3) is 11.1. The molecule has 1 fully saturated rings. The van der Waals surface area contributed by atoms with Crippen LogP contribution in [0.2, 0.25) is 0 Å². The molecule has 1 aliphatic heterocycles. The van der Waals surface area contributed by atoms with Crippen molar-refractivity contribution in [2.45, 2.75) is 106 Å². The fraction of sp³-hybridized carbons (Fsp3) is 0.500. The van der Waals surface area contributed by atoms with Gasteiger partial charge < -0.3 is 9.31 Å². The van der Waals surface area contributed by atoms with Crippen LogP contribution in [0.1, 0.15) is 106 Å². The number of hydrogen-bond acceptors (Lipinski definition) is 2. The van der Waals surface area contributed by atoms with E-state index in [1.54, 1.807) is 0 Å². The van der Waals surface area contributed by atoms with Crippen LogP contribution >= 0.6 is 22.6 Å². The summed E-state index contributed by atoms with van der Waals surface area (Å²) in [6.45, 7) is 12.6. The first-order valence-corrected chi connectivity index (χ1v) is 13.5. The van der Waals surface area contributed by atoms with Crippen LogP contribution < -0.4 is 5.46 Å². The first kappa shape index (κ1) is 34.3. The van der Waals surface area contributed by atoms with Gasteiger partial charge in [-0.2, -0.15) is 0 Å². The van der Waals surface area contributed by atoms with Gasteiger partial charge in [-0.1, -0.05) is 77.4 Å². The Balaban J connectivity index is 0.000000711. The molecule has 1 heterocycles. The van der Waals surface area contributed by atoms with Gasteiger partial charge in [0.15, 0.2) is 0 Å². The number of hydrogen-bond donors (Lipinski definition) is 0. The lowest BCUT2D eigenvalue weighted by molar-refractivity contribution is 0.00578. The normalized spacial score (nSPS) is 14.5. The van der Waals surface area contributed by atoms with E-state index < -0.39 is 0 Å². The summed E-state index contributed by atoms with van der Waals surface area (Å²) in [7, 11) is -0.294. The largest absolute Gasteiger partial charge is 0.494 e. The van der Waals surface area contributed by atoms with Crippen LogP contribution in [-0.4, -0.2) is 18.3 Å². The van der Waals surface area contributed by atoms with Gasteiger partial charge in [-0.3, -0.25) is 0 Å². The van der Waals surface area contributed by atoms with Gasteiger partial charge in [0.25, 0.3) is 0 Å². The highest BCUT2D eigenvalue weighted by Gasteiger charge is 2.51. The minimum Gasteiger partial charge on any atom is -0.399 e. The Kier molecular flexibility index (Phi) is 16.1. The van der Waals surface area contributed by atoms with Gasteiger partial charge in [0, 0.05) is 27.5 Å². The van der Waals surface area contributed by atoms with Gasteiger partial charge in [-0.15, -0.1) is 0 Å². The van der Waals surface area contributed by atoms with E-state index in [4.69, 9.17) is 9.31 Å². The molecule has 0 unspecified atom stereocenters. The van der Waals surface area contributed by atoms with Crippen molar-refractivity contribution in [2.24, 2.45) is 0 Å². The minimum absolute atomic E-state index is 0. The molecule has 36 heavy (non-hydrogen) atoms. The maximum Gasteiger partial charge on any atom is 0.494 e. The van der Waals surface area contributed by atoms with Crippen LogP contribution in [0.4, 0.5) is 0 Å². The van der Waals surface area contributed by atoms with Crippen molar-refractivity contribution in [1.29, 1.82) is 0 Å². The Bertz CT molecular complexity index is 987. The molecule has 0 N–H and O–H groups in total. The second-order valence-corrected chi connectivity index (χ2v) is 10.8. The fourth-order valence-corrected chi connectivity index (χ4v) is 3.45. The molecule has 0 aromatic heterocycles. The zero-order valence-electron chi connectivity index (χ0n) is 21.6. The summed E-state index contributed by atoms with van der Waals surface area (Å²) < 4.78 is 13.4. The number of unbranched alkanes of at least 4 members (excludes halogenated alkanes) is 4. The smallest absolute Gasteiger partial charge is 0.399 e. The van der Waals surface area contributed by atoms with Crippen molar-refractivity contribution in [2.75, 3.05) is 0 Å². The zero-order chi connectivity index (χ0) is 25.0. The fourth-order valence-electron chi connectivity index (χ4n) is 3.10. The number of rotatable bonds is 5. The highest BCUT2D eigenvalue weighted by atomic mass is 127. The van der Waals surface area contributed by atoms with Crippen molar-refractivity contribution < 1.29 is 9.31 Å². The van der Waals surface area contributed by atoms with Gasteiger partial charge in [0.05, 0.1) is 11.2 Å². The molecule has 3 rings (SSSR count). The van der Waals surface area contributed by atoms with Crippen LogP contribution in [0.5, 0.6) is 0 Å². The molecule has 0 aliphatic carbocycles. The predicted molar refractivity (Wildman–Crippen MR) is 168 cm³/mol. The van der Waals surface area contributed by atoms with E-state index >= 15 is 0 Å². The van der Waals surface area contributed by atoms with E-state index in [0.29, 0.717) is 0 Å². The highest BCUT2D eigenvalue weighted by molar-refractivity contribution is 14.1. The summed E-state index contributed by atoms with van der Waals surface area (Å²) in [5.74, 6) is 12.7. The molecule has 2 aromatic carbocycles. The lowest BCUT2D eigenvalue weighted by Gasteiger charge is -2.32. The maximum atomic E-state index is 6.04. The molecule has 0 bridgehead atoms. The summed E-state index contributed by atoms with van der Waals surface area (Å²) >= 11 is 2.30. The van der Waals surface area contributed by atoms with Gasteiger partial charge in [0.1, 0.15) is 0 Å². The van der Waals surface area contributed by atoms with Crippen LogP contribution in [-0.2, 0) is 9.31 Å². The van der Waals surface area contributed by atoms with E-state index in [0.717, 1.165) is 29.4 Å². The average molecular weight is 600 g/mol. The Morgan fingerprint density at radius 1 is 0.694 bits per heavy atom. The second kappa shape index (κ2) is 16.9. The molecule has 2 nitrogen and oxygen atoms in total. The molecule has 1 aliphatic rings. The first-order chi connectivity index (χ1) is 16.2. The molecule has 0 atom stereocenters. The molecule has 0 amide bonds. The van der Waals surface area contributed by atoms with Crippen LogP contribution in [0, 0.1) is 27.3 Å². The van der Waals surface area contributed by atoms with Crippen molar-refractivity contribution in [3.05, 3.63) is 63.2 Å². The molecule has 0 saturated carbocycles. The maximum absolute atomic E-state index is 6.04. The topological polar surface area (TPSA) is 18.5 Å². The van der Waals surface area contributed by atoms with Crippen molar-refractivity contribution in [3.8, 4) is 23.7 Å². The van der Waals surface area contributed by atoms with Gasteiger partial charge >= 0.3 is 7.12 Å². The zero-order valence-corrected chi connectivity index (χ0v) is 23.8. The number of halogens is 1. The summed E-state index contributed by atoms with van der Waals surface area (Å²) in [5, 5.41) is 0. The van der Waals surface area contributed by atoms with Crippen molar-refractivity contribution >= 4 is 35.2 Å². The summed E-state index contributed by atoms with van der Waals surface area (Å²) in [5.41, 5.74) is 2.63. The summed E-state index contributed by atoms with van der Waals surface area (Å²) in [6, 6.07) is 16.5. The van der Waals surface area contributed by atoms with Crippen LogP contribution in [0.3, 0.4) is 0 Å². The third-order valence-electron chi connectivity index (χ3n) is 6.06. The molecule has 0 radical (unpaired) electrons. The van der Waals surface area contributed by atoms with Crippen LogP contribution in [0.25, 0.3) is 0 Å². The van der Waals surface area contributed by atoms with Gasteiger partial charge in [-0.05, 0) is 105 Å². The third-order valence-corrected chi connectivity index (χ3v) is 6.78. The predicted octanol–water partition coefficient (Wildman–Crippen LogP) is 8.63. The highest BCUT2D eigenvalue weighted by Crippen LogP contribution is 2.36. The lowest BCUT2D eigenvalue weighted by Crippen LogP contribution is -2.41. The second-order valence-electron chi connectivity index (χ2n) is 9.53. The first-order valence-electron chi connectivity index (χ1n) is 12.4. The molecule has 196 valence electrons. The van der Waals surface area contributed by atoms with E-state index in [-0.39, 0.29) is 33.2 Å². The SMILES string of the molecule is C.C.CCCCC#Cc1ccc(B2OC(C)(C)C(C)(C)O2)cc1.CCCCC#Cc1ccc(I)cc1. The Morgan fingerprint density at radius 2 is 1.08 bits per heavy atom. The average Bonchev–Trinajstić information content (AvgIpc) is 3.03. The Hall–Kier alpha value is -1.73. The minimum atomic E-state index is -0.295. The molecule has 2 aromatic rings. The molecule has 0 spiro atoms. The summed E-state index contributed by atoms with van der Waals surface area (Å²) in [4.78, 5) is 0.